The molecule has 2 aromatic heterocycles. The molecular weight excluding hydrogens is 669 g/mol. The average molecular weight is 705 g/mol. The molecule has 0 spiro atoms. The number of aliphatic hydroxyl groups is 1. The summed E-state index contributed by atoms with van der Waals surface area (Å²) in [6, 6.07) is 47.3. The zero-order valence-electron chi connectivity index (χ0n) is 29.4. The number of furan rings is 2. The topological polar surface area (TPSA) is 65.0 Å². The van der Waals surface area contributed by atoms with Crippen LogP contribution in [-0.2, 0) is 15.9 Å². The highest BCUT2D eigenvalue weighted by molar-refractivity contribution is 6.01. The third kappa shape index (κ3) is 4.20. The van der Waals surface area contributed by atoms with Gasteiger partial charge in [-0.1, -0.05) is 140 Å². The molecule has 2 fully saturated rings. The smallest absolute Gasteiger partial charge is 0.269 e. The number of para-hydroxylation sites is 1. The quantitative estimate of drug-likeness (QED) is 0.198. The molecule has 5 nitrogen and oxygen atoms in total. The largest absolute Gasteiger partial charge is 0.460 e. The fraction of sp³-hybridized carbons (Fsp3) is 0.184. The van der Waals surface area contributed by atoms with Crippen molar-refractivity contribution >= 4 is 28.2 Å². The third-order valence-corrected chi connectivity index (χ3v) is 12.7. The maximum absolute atomic E-state index is 11.1. The molecule has 1 saturated carbocycles. The van der Waals surface area contributed by atoms with E-state index < -0.39 is 6.48 Å². The van der Waals surface area contributed by atoms with Crippen LogP contribution in [0.15, 0.2) is 148 Å². The molecule has 6 aliphatic rings. The van der Waals surface area contributed by atoms with Crippen molar-refractivity contribution in [2.75, 3.05) is 0 Å². The SMILES string of the molecule is OC1OC2C(O1)C1c3ccccc3C2C2C(c3oc4c(c3-c3ccccc3)C=CCC4)=c3ccccc3=C(c3oc4ccccc4c3-c3ccccc3)C21. The van der Waals surface area contributed by atoms with Crippen molar-refractivity contribution < 1.29 is 23.4 Å². The molecule has 13 rings (SSSR count). The van der Waals surface area contributed by atoms with Gasteiger partial charge in [-0.3, -0.25) is 0 Å². The number of hydrogen-bond acceptors (Lipinski definition) is 5. The molecule has 0 amide bonds. The van der Waals surface area contributed by atoms with Gasteiger partial charge in [-0.15, -0.1) is 0 Å². The van der Waals surface area contributed by atoms with Gasteiger partial charge in [0.2, 0.25) is 0 Å². The van der Waals surface area contributed by atoms with Crippen molar-refractivity contribution in [2.24, 2.45) is 11.8 Å². The second kappa shape index (κ2) is 11.6. The molecule has 7 aromatic rings. The van der Waals surface area contributed by atoms with E-state index in [-0.39, 0.29) is 35.9 Å². The van der Waals surface area contributed by atoms with E-state index in [4.69, 9.17) is 18.3 Å². The van der Waals surface area contributed by atoms with Crippen molar-refractivity contribution in [3.63, 3.8) is 0 Å². The van der Waals surface area contributed by atoms with Gasteiger partial charge in [-0.2, -0.15) is 0 Å². The minimum Gasteiger partial charge on any atom is -0.460 e. The Morgan fingerprint density at radius 3 is 1.70 bits per heavy atom. The number of ether oxygens (including phenoxy) is 2. The lowest BCUT2D eigenvalue weighted by Gasteiger charge is -2.55. The number of benzene rings is 5. The lowest BCUT2D eigenvalue weighted by atomic mass is 9.49. The summed E-state index contributed by atoms with van der Waals surface area (Å²) in [5, 5.41) is 14.4. The molecule has 1 aliphatic heterocycles. The summed E-state index contributed by atoms with van der Waals surface area (Å²) in [7, 11) is 0. The van der Waals surface area contributed by atoms with Crippen molar-refractivity contribution in [1.29, 1.82) is 0 Å². The molecular formula is C49H36O5. The van der Waals surface area contributed by atoms with Crippen LogP contribution in [0, 0.1) is 11.8 Å². The number of aliphatic hydroxyl groups excluding tert-OH is 1. The van der Waals surface area contributed by atoms with Gasteiger partial charge < -0.3 is 23.4 Å². The maximum atomic E-state index is 11.1. The van der Waals surface area contributed by atoms with Crippen LogP contribution in [0.5, 0.6) is 0 Å². The number of fused-ring (bicyclic) bond motifs is 3. The second-order valence-electron chi connectivity index (χ2n) is 15.2. The Hall–Kier alpha value is -5.72. The first kappa shape index (κ1) is 30.7. The van der Waals surface area contributed by atoms with Crippen LogP contribution in [0.25, 0.3) is 50.4 Å². The second-order valence-corrected chi connectivity index (χ2v) is 15.2. The van der Waals surface area contributed by atoms with Gasteiger partial charge in [-0.25, -0.2) is 0 Å². The van der Waals surface area contributed by atoms with Crippen LogP contribution in [0.2, 0.25) is 0 Å². The minimum absolute atomic E-state index is 0.0826. The molecule has 1 saturated heterocycles. The van der Waals surface area contributed by atoms with E-state index in [0.29, 0.717) is 0 Å². The normalized spacial score (nSPS) is 26.0. The molecule has 1 N–H and O–H groups in total. The Morgan fingerprint density at radius 2 is 1.06 bits per heavy atom. The van der Waals surface area contributed by atoms with Crippen molar-refractivity contribution in [1.82, 2.24) is 0 Å². The molecule has 262 valence electrons. The molecule has 5 aliphatic carbocycles. The van der Waals surface area contributed by atoms with Gasteiger partial charge in [0.05, 0.1) is 12.2 Å². The maximum Gasteiger partial charge on any atom is 0.269 e. The number of rotatable bonds is 4. The highest BCUT2D eigenvalue weighted by Crippen LogP contribution is 2.66. The Balaban J connectivity index is 1.26. The standard InChI is InChI=1S/C49H36O5/c50-49-53-47-41-31-21-9-10-22-32(31)42(48(47)54-49)44-40(46-38(28-17-5-2-6-18-28)34-24-12-14-26-36(34)52-46)30-20-8-7-19-29(30)39(43(41)44)45-37(27-15-3-1-4-16-27)33-23-11-13-25-35(33)51-45/h1-13,15-25,41-44,47-50H,14,26H2. The highest BCUT2D eigenvalue weighted by atomic mass is 16.8. The van der Waals surface area contributed by atoms with E-state index in [2.05, 4.69) is 140 Å². The van der Waals surface area contributed by atoms with Gasteiger partial charge in [0, 0.05) is 63.3 Å². The summed E-state index contributed by atoms with van der Waals surface area (Å²) in [4.78, 5) is 0. The summed E-state index contributed by atoms with van der Waals surface area (Å²) in [5.41, 5.74) is 11.4. The fourth-order valence-corrected chi connectivity index (χ4v) is 10.8. The number of allylic oxidation sites excluding steroid dienone is 1. The number of hydrogen-bond donors (Lipinski definition) is 1. The molecule has 54 heavy (non-hydrogen) atoms. The fourth-order valence-electron chi connectivity index (χ4n) is 10.8. The Morgan fingerprint density at radius 1 is 0.519 bits per heavy atom. The lowest BCUT2D eigenvalue weighted by molar-refractivity contribution is -0.211. The summed E-state index contributed by atoms with van der Waals surface area (Å²) in [6.45, 7) is -1.29. The zero-order valence-corrected chi connectivity index (χ0v) is 29.4. The van der Waals surface area contributed by atoms with Crippen LogP contribution in [0.1, 0.15) is 52.2 Å². The molecule has 2 bridgehead atoms. The van der Waals surface area contributed by atoms with Crippen molar-refractivity contribution in [3.8, 4) is 22.3 Å². The first-order valence-corrected chi connectivity index (χ1v) is 19.1. The Kier molecular flexibility index (Phi) is 6.62. The van der Waals surface area contributed by atoms with Crippen LogP contribution >= 0.6 is 0 Å². The average Bonchev–Trinajstić information content (AvgIpc) is 3.93. The lowest BCUT2D eigenvalue weighted by Crippen LogP contribution is -2.57. The molecule has 0 radical (unpaired) electrons. The van der Waals surface area contributed by atoms with Gasteiger partial charge in [-0.05, 0) is 45.2 Å². The van der Waals surface area contributed by atoms with E-state index in [0.717, 1.165) is 79.3 Å². The first-order chi connectivity index (χ1) is 26.7. The summed E-state index contributed by atoms with van der Waals surface area (Å²) >= 11 is 0. The monoisotopic (exact) mass is 704 g/mol. The predicted molar refractivity (Wildman–Crippen MR) is 209 cm³/mol. The summed E-state index contributed by atoms with van der Waals surface area (Å²) in [5.74, 6) is 2.42. The molecule has 5 heteroatoms. The van der Waals surface area contributed by atoms with Gasteiger partial charge in [0.15, 0.2) is 0 Å². The van der Waals surface area contributed by atoms with Crippen LogP contribution < -0.4 is 10.4 Å². The Labute approximate surface area is 312 Å². The van der Waals surface area contributed by atoms with Gasteiger partial charge >= 0.3 is 0 Å². The Bertz CT molecular complexity index is 2790. The molecule has 7 unspecified atom stereocenters. The van der Waals surface area contributed by atoms with E-state index in [1.807, 2.05) is 6.07 Å². The third-order valence-electron chi connectivity index (χ3n) is 12.7. The molecule has 3 heterocycles. The predicted octanol–water partition coefficient (Wildman–Crippen LogP) is 8.92. The first-order valence-electron chi connectivity index (χ1n) is 19.1. The zero-order chi connectivity index (χ0) is 35.5. The number of aryl methyl sites for hydroxylation is 1. The minimum atomic E-state index is -1.29. The van der Waals surface area contributed by atoms with E-state index in [9.17, 15) is 5.11 Å². The van der Waals surface area contributed by atoms with E-state index >= 15 is 0 Å². The van der Waals surface area contributed by atoms with Crippen molar-refractivity contribution in [2.45, 2.75) is 43.4 Å². The van der Waals surface area contributed by atoms with E-state index in [1.54, 1.807) is 0 Å². The van der Waals surface area contributed by atoms with Gasteiger partial charge in [0.1, 0.15) is 22.9 Å². The summed E-state index contributed by atoms with van der Waals surface area (Å²) in [6.07, 6.45) is 5.65. The van der Waals surface area contributed by atoms with Crippen LogP contribution in [0.4, 0.5) is 0 Å². The molecule has 5 aromatic carbocycles. The highest BCUT2D eigenvalue weighted by Gasteiger charge is 2.64. The molecule has 7 atom stereocenters. The van der Waals surface area contributed by atoms with Crippen LogP contribution in [-0.4, -0.2) is 23.8 Å². The van der Waals surface area contributed by atoms with Crippen molar-refractivity contribution in [3.05, 3.63) is 184 Å². The van der Waals surface area contributed by atoms with E-state index in [1.165, 1.54) is 22.3 Å². The summed E-state index contributed by atoms with van der Waals surface area (Å²) < 4.78 is 27.1. The van der Waals surface area contributed by atoms with Gasteiger partial charge in [0.25, 0.3) is 6.48 Å². The van der Waals surface area contributed by atoms with Crippen LogP contribution in [0.3, 0.4) is 0 Å².